The zero-order valence-corrected chi connectivity index (χ0v) is 33.1. The van der Waals surface area contributed by atoms with Gasteiger partial charge in [0.05, 0.1) is 5.69 Å². The molecule has 0 radical (unpaired) electrons. The van der Waals surface area contributed by atoms with Gasteiger partial charge < -0.3 is 9.32 Å². The first-order chi connectivity index (χ1) is 29.0. The van der Waals surface area contributed by atoms with Gasteiger partial charge >= 0.3 is 0 Å². The summed E-state index contributed by atoms with van der Waals surface area (Å²) >= 11 is 0. The second kappa shape index (κ2) is 13.9. The fourth-order valence-corrected chi connectivity index (χ4v) is 9.36. The number of furan rings is 1. The number of rotatable bonds is 7. The normalized spacial score (nSPS) is 12.7. The lowest BCUT2D eigenvalue weighted by molar-refractivity contribution is 0.660. The van der Waals surface area contributed by atoms with Crippen LogP contribution in [0.1, 0.15) is 25.0 Å². The predicted molar refractivity (Wildman–Crippen MR) is 248 cm³/mol. The second-order valence-corrected chi connectivity index (χ2v) is 16.1. The number of hydrogen-bond acceptors (Lipinski definition) is 2. The van der Waals surface area contributed by atoms with E-state index in [0.29, 0.717) is 0 Å². The van der Waals surface area contributed by atoms with Gasteiger partial charge in [-0.2, -0.15) is 0 Å². The zero-order chi connectivity index (χ0) is 39.5. The van der Waals surface area contributed by atoms with Crippen molar-refractivity contribution in [3.8, 4) is 55.6 Å². The molecule has 0 spiro atoms. The van der Waals surface area contributed by atoms with E-state index in [1.807, 2.05) is 6.07 Å². The fourth-order valence-electron chi connectivity index (χ4n) is 9.36. The van der Waals surface area contributed by atoms with Crippen LogP contribution in [0.4, 0.5) is 17.1 Å². The van der Waals surface area contributed by atoms with E-state index in [9.17, 15) is 0 Å². The highest BCUT2D eigenvalue weighted by Crippen LogP contribution is 2.52. The molecule has 1 heterocycles. The van der Waals surface area contributed by atoms with Gasteiger partial charge in [-0.1, -0.05) is 166 Å². The van der Waals surface area contributed by atoms with Crippen molar-refractivity contribution in [1.82, 2.24) is 0 Å². The van der Waals surface area contributed by atoms with E-state index in [-0.39, 0.29) is 5.41 Å². The number of benzene rings is 9. The summed E-state index contributed by atoms with van der Waals surface area (Å²) in [6.45, 7) is 4.68. The molecule has 0 unspecified atom stereocenters. The van der Waals surface area contributed by atoms with Crippen LogP contribution >= 0.6 is 0 Å². The molecular weight excluding hydrogens is 715 g/mol. The van der Waals surface area contributed by atoms with E-state index in [1.165, 1.54) is 50.1 Å². The number of para-hydroxylation sites is 2. The van der Waals surface area contributed by atoms with Crippen LogP contribution in [0, 0.1) is 0 Å². The van der Waals surface area contributed by atoms with Gasteiger partial charge in [0.25, 0.3) is 0 Å². The van der Waals surface area contributed by atoms with Crippen LogP contribution < -0.4 is 4.90 Å². The Balaban J connectivity index is 1.10. The van der Waals surface area contributed by atoms with Crippen molar-refractivity contribution < 1.29 is 4.42 Å². The Kier molecular flexibility index (Phi) is 8.20. The number of anilines is 3. The Morgan fingerprint density at radius 1 is 0.356 bits per heavy atom. The summed E-state index contributed by atoms with van der Waals surface area (Å²) in [7, 11) is 0. The maximum absolute atomic E-state index is 6.40. The molecular formula is C57H41NO. The number of nitrogens with zero attached hydrogens (tertiary/aromatic N) is 1. The minimum atomic E-state index is -0.0836. The van der Waals surface area contributed by atoms with Crippen LogP contribution in [0.5, 0.6) is 0 Å². The Hall–Kier alpha value is -7.42. The molecule has 1 aromatic heterocycles. The van der Waals surface area contributed by atoms with Crippen LogP contribution in [-0.2, 0) is 5.41 Å². The lowest BCUT2D eigenvalue weighted by Gasteiger charge is -2.29. The summed E-state index contributed by atoms with van der Waals surface area (Å²) in [6, 6.07) is 76.9. The molecule has 2 nitrogen and oxygen atoms in total. The van der Waals surface area contributed by atoms with E-state index in [0.717, 1.165) is 55.7 Å². The quantitative estimate of drug-likeness (QED) is 0.161. The monoisotopic (exact) mass is 755 g/mol. The average Bonchev–Trinajstić information content (AvgIpc) is 3.79. The van der Waals surface area contributed by atoms with E-state index in [4.69, 9.17) is 4.42 Å². The van der Waals surface area contributed by atoms with Crippen molar-refractivity contribution in [1.29, 1.82) is 0 Å². The summed E-state index contributed by atoms with van der Waals surface area (Å²) in [4.78, 5) is 2.43. The molecule has 10 aromatic rings. The Morgan fingerprint density at radius 2 is 0.881 bits per heavy atom. The van der Waals surface area contributed by atoms with Crippen LogP contribution in [0.2, 0.25) is 0 Å². The molecule has 0 fully saturated rings. The molecule has 0 saturated carbocycles. The molecule has 2 heteroatoms. The molecule has 0 amide bonds. The molecule has 11 rings (SSSR count). The van der Waals surface area contributed by atoms with Crippen molar-refractivity contribution in [3.63, 3.8) is 0 Å². The highest BCUT2D eigenvalue weighted by Gasteiger charge is 2.35. The first kappa shape index (κ1) is 34.8. The van der Waals surface area contributed by atoms with E-state index >= 15 is 0 Å². The number of hydrogen-bond donors (Lipinski definition) is 0. The molecule has 280 valence electrons. The van der Waals surface area contributed by atoms with Gasteiger partial charge in [0.15, 0.2) is 0 Å². The summed E-state index contributed by atoms with van der Waals surface area (Å²) in [5.41, 5.74) is 19.7. The van der Waals surface area contributed by atoms with E-state index < -0.39 is 0 Å². The van der Waals surface area contributed by atoms with Gasteiger partial charge in [-0.3, -0.25) is 0 Å². The summed E-state index contributed by atoms with van der Waals surface area (Å²) in [5.74, 6) is 0. The molecule has 0 N–H and O–H groups in total. The lowest BCUT2D eigenvalue weighted by Crippen LogP contribution is -2.15. The molecule has 0 aliphatic heterocycles. The Morgan fingerprint density at radius 3 is 1.59 bits per heavy atom. The van der Waals surface area contributed by atoms with Gasteiger partial charge in [0.1, 0.15) is 11.2 Å². The molecule has 1 aliphatic rings. The third kappa shape index (κ3) is 5.87. The zero-order valence-electron chi connectivity index (χ0n) is 33.1. The number of fused-ring (bicyclic) bond motifs is 6. The van der Waals surface area contributed by atoms with Gasteiger partial charge in [-0.25, -0.2) is 0 Å². The standard InChI is InChI=1S/C57H41NO/c1-57(2)51-24-12-9-20-46(51)50-37-45(32-33-52(50)57)58(53-25-13-10-21-47(53)48-23-15-27-55-56(48)49-22-11-14-26-54(49)59-55)44-30-28-40(29-31-44)43-35-41(38-16-5-3-6-17-38)34-42(36-43)39-18-7-4-8-19-39/h3-37H,1-2H3. The Labute approximate surface area is 345 Å². The second-order valence-electron chi connectivity index (χ2n) is 16.1. The first-order valence-electron chi connectivity index (χ1n) is 20.4. The van der Waals surface area contributed by atoms with E-state index in [1.54, 1.807) is 0 Å². The van der Waals surface area contributed by atoms with Crippen molar-refractivity contribution in [3.05, 3.63) is 223 Å². The SMILES string of the molecule is CC1(C)c2ccccc2-c2cc(N(c3ccc(-c4cc(-c5ccccc5)cc(-c5ccccc5)c4)cc3)c3ccccc3-c3cccc4oc5ccccc5c34)ccc21. The molecule has 0 saturated heterocycles. The topological polar surface area (TPSA) is 16.4 Å². The summed E-state index contributed by atoms with van der Waals surface area (Å²) in [5, 5.41) is 2.25. The maximum atomic E-state index is 6.40. The highest BCUT2D eigenvalue weighted by molar-refractivity contribution is 6.14. The van der Waals surface area contributed by atoms with Gasteiger partial charge in [-0.15, -0.1) is 0 Å². The van der Waals surface area contributed by atoms with Gasteiger partial charge in [-0.05, 0) is 122 Å². The van der Waals surface area contributed by atoms with Gasteiger partial charge in [0, 0.05) is 33.1 Å². The molecule has 0 atom stereocenters. The largest absolute Gasteiger partial charge is 0.456 e. The van der Waals surface area contributed by atoms with E-state index in [2.05, 4.69) is 225 Å². The Bertz CT molecular complexity index is 3120. The fraction of sp³-hybridized carbons (Fsp3) is 0.0526. The highest BCUT2D eigenvalue weighted by atomic mass is 16.3. The minimum Gasteiger partial charge on any atom is -0.456 e. The molecule has 0 bridgehead atoms. The minimum absolute atomic E-state index is 0.0836. The van der Waals surface area contributed by atoms with Gasteiger partial charge in [0.2, 0.25) is 0 Å². The van der Waals surface area contributed by atoms with Crippen molar-refractivity contribution in [2.24, 2.45) is 0 Å². The average molecular weight is 756 g/mol. The first-order valence-corrected chi connectivity index (χ1v) is 20.4. The van der Waals surface area contributed by atoms with Crippen LogP contribution in [0.3, 0.4) is 0 Å². The smallest absolute Gasteiger partial charge is 0.136 e. The predicted octanol–water partition coefficient (Wildman–Crippen LogP) is 16.0. The van der Waals surface area contributed by atoms with Crippen LogP contribution in [0.25, 0.3) is 77.6 Å². The molecule has 59 heavy (non-hydrogen) atoms. The molecule has 9 aromatic carbocycles. The van der Waals surface area contributed by atoms with Crippen molar-refractivity contribution in [2.45, 2.75) is 19.3 Å². The maximum Gasteiger partial charge on any atom is 0.136 e. The summed E-state index contributed by atoms with van der Waals surface area (Å²) < 4.78 is 6.40. The summed E-state index contributed by atoms with van der Waals surface area (Å²) in [6.07, 6.45) is 0. The molecule has 1 aliphatic carbocycles. The van der Waals surface area contributed by atoms with Crippen molar-refractivity contribution in [2.75, 3.05) is 4.90 Å². The van der Waals surface area contributed by atoms with Crippen LogP contribution in [0.15, 0.2) is 217 Å². The third-order valence-corrected chi connectivity index (χ3v) is 12.3. The lowest BCUT2D eigenvalue weighted by atomic mass is 9.82. The van der Waals surface area contributed by atoms with Crippen LogP contribution in [-0.4, -0.2) is 0 Å². The third-order valence-electron chi connectivity index (χ3n) is 12.3. The van der Waals surface area contributed by atoms with Crippen molar-refractivity contribution >= 4 is 39.0 Å².